The summed E-state index contributed by atoms with van der Waals surface area (Å²) >= 11 is 6.64. The van der Waals surface area contributed by atoms with Crippen molar-refractivity contribution >= 4 is 44.1 Å². The van der Waals surface area contributed by atoms with Gasteiger partial charge in [-0.3, -0.25) is 19.4 Å². The highest BCUT2D eigenvalue weighted by atomic mass is 35.5. The number of amides is 1. The predicted molar refractivity (Wildman–Crippen MR) is 174 cm³/mol. The summed E-state index contributed by atoms with van der Waals surface area (Å²) in [5.41, 5.74) is 3.10. The van der Waals surface area contributed by atoms with Crippen LogP contribution in [0.15, 0.2) is 77.8 Å². The van der Waals surface area contributed by atoms with E-state index in [9.17, 15) is 18.3 Å². The molecule has 2 fully saturated rings. The van der Waals surface area contributed by atoms with E-state index in [-0.39, 0.29) is 16.6 Å². The maximum absolute atomic E-state index is 13.4. The maximum Gasteiger partial charge on any atom is 0.264 e. The Kier molecular flexibility index (Phi) is 9.07. The van der Waals surface area contributed by atoms with Crippen molar-refractivity contribution in [2.24, 2.45) is 5.92 Å². The number of phenolic OH excluding ortho intramolecular Hbond substituents is 1. The molecule has 0 unspecified atom stereocenters. The molecule has 44 heavy (non-hydrogen) atoms. The number of pyridine rings is 1. The second-order valence-corrected chi connectivity index (χ2v) is 13.9. The van der Waals surface area contributed by atoms with Gasteiger partial charge in [0.05, 0.1) is 5.52 Å². The lowest BCUT2D eigenvalue weighted by Gasteiger charge is -2.23. The number of rotatable bonds is 8. The van der Waals surface area contributed by atoms with E-state index in [0.29, 0.717) is 48.9 Å². The molecule has 10 heteroatoms. The molecule has 1 aliphatic carbocycles. The summed E-state index contributed by atoms with van der Waals surface area (Å²) < 4.78 is 28.9. The molecule has 0 spiro atoms. The first kappa shape index (κ1) is 30.4. The number of aromatic nitrogens is 1. The van der Waals surface area contributed by atoms with Crippen molar-refractivity contribution in [3.63, 3.8) is 0 Å². The number of sulfonamides is 1. The number of carbonyl (C=O) groups excluding carboxylic acids is 1. The quantitative estimate of drug-likeness (QED) is 0.231. The number of nitrogens with zero attached hydrogens (tertiary/aromatic N) is 3. The number of para-hydroxylation sites is 1. The van der Waals surface area contributed by atoms with Gasteiger partial charge in [0, 0.05) is 66.1 Å². The Labute approximate surface area is 263 Å². The molecule has 1 amide bonds. The Hall–Kier alpha value is -3.66. The highest BCUT2D eigenvalue weighted by Gasteiger charge is 2.23. The van der Waals surface area contributed by atoms with Crippen LogP contribution in [0.5, 0.6) is 5.75 Å². The van der Waals surface area contributed by atoms with Crippen LogP contribution in [0.4, 0.5) is 5.69 Å². The van der Waals surface area contributed by atoms with Crippen LogP contribution in [-0.4, -0.2) is 60.4 Å². The van der Waals surface area contributed by atoms with Gasteiger partial charge in [0.25, 0.3) is 15.9 Å². The van der Waals surface area contributed by atoms with Gasteiger partial charge >= 0.3 is 0 Å². The van der Waals surface area contributed by atoms with Gasteiger partial charge in [0.15, 0.2) is 0 Å². The molecule has 1 saturated carbocycles. The molecule has 0 atom stereocenters. The molecule has 230 valence electrons. The highest BCUT2D eigenvalue weighted by molar-refractivity contribution is 7.93. The van der Waals surface area contributed by atoms with Gasteiger partial charge in [-0.2, -0.15) is 0 Å². The summed E-state index contributed by atoms with van der Waals surface area (Å²) in [4.78, 5) is 21.8. The Balaban J connectivity index is 1.06. The fourth-order valence-corrected chi connectivity index (χ4v) is 7.90. The van der Waals surface area contributed by atoms with E-state index in [0.717, 1.165) is 40.9 Å². The van der Waals surface area contributed by atoms with E-state index in [1.807, 2.05) is 29.2 Å². The van der Waals surface area contributed by atoms with Crippen LogP contribution in [0, 0.1) is 5.92 Å². The molecule has 3 aromatic carbocycles. The molecule has 6 rings (SSSR count). The standard InChI is InChI=1S/C34H37ClN4O4S/c35-30-21-28(31(40)22-27(30)20-24-6-1-2-7-24)23-38-16-5-17-39(19-18-38)34(41)26-11-13-29(14-12-26)37-44(42,43)32-10-3-8-25-9-4-15-36-33(25)32/h3-4,8-15,21-22,24,37,40H,1-2,5-7,16-20,23H2. The van der Waals surface area contributed by atoms with Gasteiger partial charge in [-0.15, -0.1) is 0 Å². The fourth-order valence-electron chi connectivity index (χ4n) is 6.39. The number of benzene rings is 3. The molecule has 4 aromatic rings. The van der Waals surface area contributed by atoms with Gasteiger partial charge < -0.3 is 10.0 Å². The minimum Gasteiger partial charge on any atom is -0.508 e. The van der Waals surface area contributed by atoms with Gasteiger partial charge in [0.2, 0.25) is 0 Å². The van der Waals surface area contributed by atoms with Crippen molar-refractivity contribution in [3.8, 4) is 5.75 Å². The molecule has 2 aliphatic rings. The van der Waals surface area contributed by atoms with E-state index in [2.05, 4.69) is 14.6 Å². The average Bonchev–Trinajstić information content (AvgIpc) is 3.42. The van der Waals surface area contributed by atoms with Gasteiger partial charge in [-0.1, -0.05) is 55.5 Å². The predicted octanol–water partition coefficient (Wildman–Crippen LogP) is 6.48. The Bertz CT molecular complexity index is 1750. The number of carbonyl (C=O) groups is 1. The SMILES string of the molecule is O=C(c1ccc(NS(=O)(=O)c2cccc3cccnc23)cc1)N1CCCN(Cc2cc(Cl)c(CC3CCCC3)cc2O)CC1. The first-order valence-electron chi connectivity index (χ1n) is 15.3. The van der Waals surface area contributed by atoms with Crippen molar-refractivity contribution in [1.82, 2.24) is 14.8 Å². The lowest BCUT2D eigenvalue weighted by atomic mass is 9.96. The number of phenols is 1. The number of nitrogens with one attached hydrogen (secondary N) is 1. The largest absolute Gasteiger partial charge is 0.508 e. The average molecular weight is 633 g/mol. The van der Waals surface area contributed by atoms with Crippen LogP contribution in [0.3, 0.4) is 0 Å². The zero-order chi connectivity index (χ0) is 30.7. The fraction of sp³-hybridized carbons (Fsp3) is 0.353. The highest BCUT2D eigenvalue weighted by Crippen LogP contribution is 2.34. The van der Waals surface area contributed by atoms with E-state index in [1.54, 1.807) is 42.6 Å². The van der Waals surface area contributed by atoms with Crippen molar-refractivity contribution in [1.29, 1.82) is 0 Å². The van der Waals surface area contributed by atoms with E-state index < -0.39 is 10.0 Å². The molecule has 1 aliphatic heterocycles. The number of fused-ring (bicyclic) bond motifs is 1. The third-order valence-corrected chi connectivity index (χ3v) is 10.5. The van der Waals surface area contributed by atoms with Crippen LogP contribution >= 0.6 is 11.6 Å². The topological polar surface area (TPSA) is 103 Å². The molecule has 2 heterocycles. The van der Waals surface area contributed by atoms with Gasteiger partial charge in [0.1, 0.15) is 10.6 Å². The molecule has 1 aromatic heterocycles. The summed E-state index contributed by atoms with van der Waals surface area (Å²) in [7, 11) is -3.88. The van der Waals surface area contributed by atoms with Crippen LogP contribution in [0.1, 0.15) is 53.6 Å². The van der Waals surface area contributed by atoms with Crippen molar-refractivity contribution in [2.45, 2.75) is 50.0 Å². The van der Waals surface area contributed by atoms with Gasteiger partial charge in [-0.05, 0) is 72.9 Å². The molecule has 1 saturated heterocycles. The van der Waals surface area contributed by atoms with Crippen LogP contribution in [-0.2, 0) is 23.0 Å². The second-order valence-electron chi connectivity index (χ2n) is 11.9. The molecular formula is C34H37ClN4O4S. The monoisotopic (exact) mass is 632 g/mol. The zero-order valence-electron chi connectivity index (χ0n) is 24.6. The molecule has 0 bridgehead atoms. The first-order chi connectivity index (χ1) is 21.3. The van der Waals surface area contributed by atoms with E-state index in [1.165, 1.54) is 31.7 Å². The third-order valence-electron chi connectivity index (χ3n) is 8.77. The van der Waals surface area contributed by atoms with E-state index >= 15 is 0 Å². The normalized spacial score (nSPS) is 16.7. The smallest absolute Gasteiger partial charge is 0.264 e. The number of hydrogen-bond donors (Lipinski definition) is 2. The van der Waals surface area contributed by atoms with Crippen LogP contribution in [0.2, 0.25) is 5.02 Å². The maximum atomic E-state index is 13.4. The summed E-state index contributed by atoms with van der Waals surface area (Å²) in [5, 5.41) is 12.2. The summed E-state index contributed by atoms with van der Waals surface area (Å²) in [6, 6.07) is 18.9. The molecular weight excluding hydrogens is 596 g/mol. The Morgan fingerprint density at radius 1 is 0.932 bits per heavy atom. The minimum absolute atomic E-state index is 0.0957. The Morgan fingerprint density at radius 2 is 1.70 bits per heavy atom. The number of halogens is 1. The van der Waals surface area contributed by atoms with Crippen molar-refractivity contribution in [3.05, 3.63) is 94.6 Å². The first-order valence-corrected chi connectivity index (χ1v) is 17.1. The zero-order valence-corrected chi connectivity index (χ0v) is 26.2. The lowest BCUT2D eigenvalue weighted by molar-refractivity contribution is 0.0761. The summed E-state index contributed by atoms with van der Waals surface area (Å²) in [6.07, 6.45) is 8.30. The number of hydrogen-bond acceptors (Lipinski definition) is 6. The summed E-state index contributed by atoms with van der Waals surface area (Å²) in [5.74, 6) is 0.841. The second kappa shape index (κ2) is 13.1. The van der Waals surface area contributed by atoms with Crippen molar-refractivity contribution < 1.29 is 18.3 Å². The minimum atomic E-state index is -3.88. The van der Waals surface area contributed by atoms with E-state index in [4.69, 9.17) is 11.6 Å². The molecule has 8 nitrogen and oxygen atoms in total. The Morgan fingerprint density at radius 3 is 2.50 bits per heavy atom. The summed E-state index contributed by atoms with van der Waals surface area (Å²) in [6.45, 7) is 3.21. The number of aromatic hydroxyl groups is 1. The van der Waals surface area contributed by atoms with Crippen molar-refractivity contribution in [2.75, 3.05) is 30.9 Å². The third kappa shape index (κ3) is 6.85. The van der Waals surface area contributed by atoms with Crippen LogP contribution < -0.4 is 4.72 Å². The molecule has 2 N–H and O–H groups in total. The van der Waals surface area contributed by atoms with Gasteiger partial charge in [-0.25, -0.2) is 8.42 Å². The lowest BCUT2D eigenvalue weighted by Crippen LogP contribution is -2.35. The number of anilines is 1. The van der Waals surface area contributed by atoms with Crippen LogP contribution in [0.25, 0.3) is 10.9 Å². The molecule has 0 radical (unpaired) electrons.